The van der Waals surface area contributed by atoms with E-state index in [9.17, 15) is 9.18 Å². The maximum Gasteiger partial charge on any atom is 0.252 e. The average Bonchev–Trinajstić information content (AvgIpc) is 2.36. The van der Waals surface area contributed by atoms with Gasteiger partial charge in [0, 0.05) is 11.8 Å². The van der Waals surface area contributed by atoms with E-state index in [2.05, 4.69) is 15.9 Å². The molecular weight excluding hydrogens is 351 g/mol. The molecule has 0 bridgehead atoms. The zero-order chi connectivity index (χ0) is 14.9. The Kier molecular flexibility index (Phi) is 4.15. The van der Waals surface area contributed by atoms with E-state index in [1.807, 2.05) is 0 Å². The molecule has 0 aromatic heterocycles. The number of nitrogens with two attached hydrogens (primary N) is 2. The SMILES string of the molecule is NC(=O)c1cc(N)cc(Cl)c1Oc1ccc(Br)c(F)c1. The number of nitrogen functional groups attached to an aromatic ring is 1. The van der Waals surface area contributed by atoms with Gasteiger partial charge in [-0.3, -0.25) is 4.79 Å². The minimum absolute atomic E-state index is 0.0262. The summed E-state index contributed by atoms with van der Waals surface area (Å²) in [6.07, 6.45) is 0. The van der Waals surface area contributed by atoms with Crippen LogP contribution in [0, 0.1) is 5.82 Å². The van der Waals surface area contributed by atoms with Crippen LogP contribution in [0.1, 0.15) is 10.4 Å². The number of benzene rings is 2. The lowest BCUT2D eigenvalue weighted by molar-refractivity contribution is 0.0998. The standard InChI is InChI=1S/C13H9BrClFN2O2/c14-9-2-1-7(5-11(9)16)20-12-8(13(18)19)3-6(17)4-10(12)15/h1-5H,17H2,(H2,18,19). The van der Waals surface area contributed by atoms with Crippen LogP contribution in [0.4, 0.5) is 10.1 Å². The van der Waals surface area contributed by atoms with Crippen LogP contribution in [-0.4, -0.2) is 5.91 Å². The Morgan fingerprint density at radius 2 is 2.00 bits per heavy atom. The second-order valence-corrected chi connectivity index (χ2v) is 5.18. The molecule has 0 aliphatic rings. The number of carbonyl (C=O) groups is 1. The molecule has 0 aliphatic carbocycles. The van der Waals surface area contributed by atoms with Crippen molar-refractivity contribution in [2.24, 2.45) is 5.73 Å². The van der Waals surface area contributed by atoms with E-state index in [4.69, 9.17) is 27.8 Å². The molecule has 104 valence electrons. The van der Waals surface area contributed by atoms with E-state index in [0.29, 0.717) is 4.47 Å². The summed E-state index contributed by atoms with van der Waals surface area (Å²) in [4.78, 5) is 11.4. The van der Waals surface area contributed by atoms with Gasteiger partial charge < -0.3 is 16.2 Å². The zero-order valence-electron chi connectivity index (χ0n) is 9.99. The highest BCUT2D eigenvalue weighted by Crippen LogP contribution is 2.35. The molecule has 2 aromatic carbocycles. The van der Waals surface area contributed by atoms with E-state index in [1.165, 1.54) is 24.3 Å². The number of anilines is 1. The zero-order valence-corrected chi connectivity index (χ0v) is 12.3. The summed E-state index contributed by atoms with van der Waals surface area (Å²) < 4.78 is 19.2. The van der Waals surface area contributed by atoms with Crippen LogP contribution in [0.2, 0.25) is 5.02 Å². The van der Waals surface area contributed by atoms with E-state index in [1.54, 1.807) is 0 Å². The molecule has 0 saturated carbocycles. The number of carbonyl (C=O) groups excluding carboxylic acids is 1. The Hall–Kier alpha value is -1.79. The highest BCUT2D eigenvalue weighted by Gasteiger charge is 2.16. The summed E-state index contributed by atoms with van der Waals surface area (Å²) in [6, 6.07) is 6.91. The maximum atomic E-state index is 13.4. The second-order valence-electron chi connectivity index (χ2n) is 3.92. The molecule has 4 N–H and O–H groups in total. The van der Waals surface area contributed by atoms with Crippen molar-refractivity contribution < 1.29 is 13.9 Å². The highest BCUT2D eigenvalue weighted by atomic mass is 79.9. The molecule has 0 aliphatic heterocycles. The van der Waals surface area contributed by atoms with Gasteiger partial charge in [-0.25, -0.2) is 4.39 Å². The molecule has 0 spiro atoms. The van der Waals surface area contributed by atoms with E-state index < -0.39 is 11.7 Å². The van der Waals surface area contributed by atoms with Crippen LogP contribution >= 0.6 is 27.5 Å². The van der Waals surface area contributed by atoms with Crippen LogP contribution in [0.5, 0.6) is 11.5 Å². The van der Waals surface area contributed by atoms with Crippen molar-refractivity contribution >= 4 is 39.1 Å². The number of primary amides is 1. The molecule has 0 fully saturated rings. The molecule has 20 heavy (non-hydrogen) atoms. The monoisotopic (exact) mass is 358 g/mol. The van der Waals surface area contributed by atoms with Gasteiger partial charge in [-0.15, -0.1) is 0 Å². The van der Waals surface area contributed by atoms with Crippen LogP contribution in [0.15, 0.2) is 34.8 Å². The van der Waals surface area contributed by atoms with E-state index >= 15 is 0 Å². The Morgan fingerprint density at radius 3 is 2.60 bits per heavy atom. The number of amides is 1. The van der Waals surface area contributed by atoms with Gasteiger partial charge in [0.1, 0.15) is 11.6 Å². The van der Waals surface area contributed by atoms with Gasteiger partial charge in [0.2, 0.25) is 0 Å². The maximum absolute atomic E-state index is 13.4. The number of halogens is 3. The molecule has 0 unspecified atom stereocenters. The lowest BCUT2D eigenvalue weighted by Crippen LogP contribution is -2.13. The minimum Gasteiger partial charge on any atom is -0.455 e. The van der Waals surface area contributed by atoms with Gasteiger partial charge in [0.05, 0.1) is 15.1 Å². The van der Waals surface area contributed by atoms with E-state index in [0.717, 1.165) is 6.07 Å². The van der Waals surface area contributed by atoms with Crippen LogP contribution in [0.25, 0.3) is 0 Å². The third kappa shape index (κ3) is 3.02. The fourth-order valence-corrected chi connectivity index (χ4v) is 2.07. The van der Waals surface area contributed by atoms with Crippen LogP contribution in [-0.2, 0) is 0 Å². The third-order valence-electron chi connectivity index (χ3n) is 2.44. The first-order valence-corrected chi connectivity index (χ1v) is 6.57. The minimum atomic E-state index is -0.744. The first kappa shape index (κ1) is 14.6. The molecule has 0 radical (unpaired) electrons. The summed E-state index contributed by atoms with van der Waals surface area (Å²) in [5.41, 5.74) is 11.1. The van der Waals surface area contributed by atoms with Crippen molar-refractivity contribution in [1.29, 1.82) is 0 Å². The Morgan fingerprint density at radius 1 is 1.30 bits per heavy atom. The van der Waals surface area contributed by atoms with E-state index in [-0.39, 0.29) is 27.8 Å². The molecule has 0 saturated heterocycles. The number of hydrogen-bond donors (Lipinski definition) is 2. The number of ether oxygens (including phenoxy) is 1. The highest BCUT2D eigenvalue weighted by molar-refractivity contribution is 9.10. The average molecular weight is 360 g/mol. The van der Waals surface area contributed by atoms with Crippen LogP contribution in [0.3, 0.4) is 0 Å². The molecular formula is C13H9BrClFN2O2. The van der Waals surface area contributed by atoms with Gasteiger partial charge in [0.15, 0.2) is 5.75 Å². The summed E-state index contributed by atoms with van der Waals surface area (Å²) in [6.45, 7) is 0. The van der Waals surface area contributed by atoms with Crippen molar-refractivity contribution in [3.05, 3.63) is 51.2 Å². The second kappa shape index (κ2) is 5.68. The predicted octanol–water partition coefficient (Wildman–Crippen LogP) is 3.72. The molecule has 4 nitrogen and oxygen atoms in total. The Labute approximate surface area is 127 Å². The molecule has 7 heteroatoms. The van der Waals surface area contributed by atoms with Gasteiger partial charge in [0.25, 0.3) is 5.91 Å². The largest absolute Gasteiger partial charge is 0.455 e. The van der Waals surface area contributed by atoms with Gasteiger partial charge >= 0.3 is 0 Å². The first-order chi connectivity index (χ1) is 9.38. The molecule has 0 heterocycles. The lowest BCUT2D eigenvalue weighted by Gasteiger charge is -2.12. The van der Waals surface area contributed by atoms with Crippen molar-refractivity contribution in [2.75, 3.05) is 5.73 Å². The van der Waals surface area contributed by atoms with Gasteiger partial charge in [-0.1, -0.05) is 11.6 Å². The summed E-state index contributed by atoms with van der Waals surface area (Å²) in [5.74, 6) is -1.03. The summed E-state index contributed by atoms with van der Waals surface area (Å²) >= 11 is 9.01. The van der Waals surface area contributed by atoms with Crippen molar-refractivity contribution in [3.63, 3.8) is 0 Å². The summed E-state index contributed by atoms with van der Waals surface area (Å²) in [5, 5.41) is 0.113. The molecule has 0 atom stereocenters. The van der Waals surface area contributed by atoms with Gasteiger partial charge in [-0.2, -0.15) is 0 Å². The number of hydrogen-bond acceptors (Lipinski definition) is 3. The van der Waals surface area contributed by atoms with Crippen molar-refractivity contribution in [2.45, 2.75) is 0 Å². The molecule has 2 rings (SSSR count). The normalized spacial score (nSPS) is 10.3. The molecule has 2 aromatic rings. The molecule has 1 amide bonds. The smallest absolute Gasteiger partial charge is 0.252 e. The topological polar surface area (TPSA) is 78.3 Å². The van der Waals surface area contributed by atoms with Crippen molar-refractivity contribution in [1.82, 2.24) is 0 Å². The third-order valence-corrected chi connectivity index (χ3v) is 3.37. The van der Waals surface area contributed by atoms with Gasteiger partial charge in [-0.05, 0) is 40.2 Å². The fraction of sp³-hybridized carbons (Fsp3) is 0. The predicted molar refractivity (Wildman–Crippen MR) is 78.6 cm³/mol. The van der Waals surface area contributed by atoms with Crippen molar-refractivity contribution in [3.8, 4) is 11.5 Å². The Bertz CT molecular complexity index is 694. The summed E-state index contributed by atoms with van der Waals surface area (Å²) in [7, 11) is 0. The first-order valence-electron chi connectivity index (χ1n) is 5.40. The quantitative estimate of drug-likeness (QED) is 0.820. The van der Waals surface area contributed by atoms with Crippen LogP contribution < -0.4 is 16.2 Å². The Balaban J connectivity index is 2.47. The fourth-order valence-electron chi connectivity index (χ4n) is 1.56. The number of rotatable bonds is 3. The lowest BCUT2D eigenvalue weighted by atomic mass is 10.1.